The SMILES string of the molecule is COC(=O)N/N=C(\CC(=O)CCCC(=O)O)c1ccc(Cl)cc1. The number of methoxy groups -OCH3 is 1. The lowest BCUT2D eigenvalue weighted by Crippen LogP contribution is -2.21. The number of carbonyl (C=O) groups is 3. The summed E-state index contributed by atoms with van der Waals surface area (Å²) in [5.41, 5.74) is 3.14. The number of hydrazone groups is 1. The molecule has 0 atom stereocenters. The number of aliphatic carboxylic acids is 1. The zero-order valence-corrected chi connectivity index (χ0v) is 13.3. The minimum atomic E-state index is -0.947. The molecule has 1 amide bonds. The van der Waals surface area contributed by atoms with Crippen molar-refractivity contribution in [2.75, 3.05) is 7.11 Å². The summed E-state index contributed by atoms with van der Waals surface area (Å²) < 4.78 is 4.42. The van der Waals surface area contributed by atoms with Crippen LogP contribution in [0.3, 0.4) is 0 Å². The lowest BCUT2D eigenvalue weighted by molar-refractivity contribution is -0.137. The summed E-state index contributed by atoms with van der Waals surface area (Å²) >= 11 is 5.82. The fourth-order valence-electron chi connectivity index (χ4n) is 1.72. The number of hydrogen-bond acceptors (Lipinski definition) is 5. The molecule has 1 aromatic rings. The lowest BCUT2D eigenvalue weighted by Gasteiger charge is -2.07. The molecule has 1 aromatic carbocycles. The Morgan fingerprint density at radius 1 is 1.22 bits per heavy atom. The molecule has 0 unspecified atom stereocenters. The molecule has 0 fully saturated rings. The first-order valence-corrected chi connectivity index (χ1v) is 7.20. The summed E-state index contributed by atoms with van der Waals surface area (Å²) in [5.74, 6) is -1.12. The van der Waals surface area contributed by atoms with Crippen molar-refractivity contribution in [2.24, 2.45) is 5.10 Å². The van der Waals surface area contributed by atoms with E-state index in [0.29, 0.717) is 16.3 Å². The van der Waals surface area contributed by atoms with Gasteiger partial charge in [-0.15, -0.1) is 0 Å². The molecule has 0 aromatic heterocycles. The number of carbonyl (C=O) groups excluding carboxylic acids is 2. The van der Waals surface area contributed by atoms with Crippen LogP contribution in [-0.4, -0.2) is 35.8 Å². The Morgan fingerprint density at radius 3 is 2.43 bits per heavy atom. The number of ketones is 1. The van der Waals surface area contributed by atoms with E-state index in [4.69, 9.17) is 16.7 Å². The maximum absolute atomic E-state index is 11.9. The Hall–Kier alpha value is -2.41. The molecule has 124 valence electrons. The number of carboxylic acid groups (broad SMARTS) is 1. The van der Waals surface area contributed by atoms with Gasteiger partial charge in [0.1, 0.15) is 5.78 Å². The van der Waals surface area contributed by atoms with Crippen molar-refractivity contribution >= 4 is 35.2 Å². The highest BCUT2D eigenvalue weighted by Gasteiger charge is 2.12. The minimum absolute atomic E-state index is 0.0365. The van der Waals surface area contributed by atoms with Crippen LogP contribution in [0.2, 0.25) is 5.02 Å². The van der Waals surface area contributed by atoms with Gasteiger partial charge in [0, 0.05) is 17.9 Å². The molecule has 23 heavy (non-hydrogen) atoms. The van der Waals surface area contributed by atoms with E-state index in [2.05, 4.69) is 15.3 Å². The van der Waals surface area contributed by atoms with E-state index in [-0.39, 0.29) is 31.5 Å². The number of nitrogens with one attached hydrogen (secondary N) is 1. The molecule has 0 aliphatic heterocycles. The van der Waals surface area contributed by atoms with E-state index >= 15 is 0 Å². The second-order valence-corrected chi connectivity index (χ2v) is 5.07. The average molecular weight is 341 g/mol. The first-order valence-electron chi connectivity index (χ1n) is 6.82. The van der Waals surface area contributed by atoms with Gasteiger partial charge < -0.3 is 9.84 Å². The van der Waals surface area contributed by atoms with Crippen LogP contribution >= 0.6 is 11.6 Å². The number of ether oxygens (including phenoxy) is 1. The molecule has 7 nitrogen and oxygen atoms in total. The second kappa shape index (κ2) is 9.58. The number of halogens is 1. The average Bonchev–Trinajstić information content (AvgIpc) is 2.51. The summed E-state index contributed by atoms with van der Waals surface area (Å²) in [4.78, 5) is 33.5. The molecule has 0 radical (unpaired) electrons. The van der Waals surface area contributed by atoms with Crippen LogP contribution in [0, 0.1) is 0 Å². The Balaban J connectivity index is 2.78. The van der Waals surface area contributed by atoms with Crippen molar-refractivity contribution in [3.8, 4) is 0 Å². The topological polar surface area (TPSA) is 105 Å². The van der Waals surface area contributed by atoms with E-state index in [1.54, 1.807) is 24.3 Å². The van der Waals surface area contributed by atoms with Crippen LogP contribution in [0.15, 0.2) is 29.4 Å². The zero-order valence-electron chi connectivity index (χ0n) is 12.5. The first kappa shape index (κ1) is 18.6. The van der Waals surface area contributed by atoms with Crippen molar-refractivity contribution in [3.05, 3.63) is 34.9 Å². The lowest BCUT2D eigenvalue weighted by atomic mass is 10.0. The van der Waals surface area contributed by atoms with Crippen LogP contribution in [0.1, 0.15) is 31.2 Å². The number of amides is 1. The van der Waals surface area contributed by atoms with Gasteiger partial charge in [-0.25, -0.2) is 10.2 Å². The van der Waals surface area contributed by atoms with Gasteiger partial charge in [-0.05, 0) is 24.1 Å². The van der Waals surface area contributed by atoms with Crippen molar-refractivity contribution in [1.82, 2.24) is 5.43 Å². The van der Waals surface area contributed by atoms with Gasteiger partial charge >= 0.3 is 12.1 Å². The summed E-state index contributed by atoms with van der Waals surface area (Å²) in [6, 6.07) is 6.62. The van der Waals surface area contributed by atoms with Gasteiger partial charge in [0.2, 0.25) is 0 Å². The van der Waals surface area contributed by atoms with E-state index in [9.17, 15) is 14.4 Å². The van der Waals surface area contributed by atoms with Crippen LogP contribution in [0.25, 0.3) is 0 Å². The molecule has 0 bridgehead atoms. The highest BCUT2D eigenvalue weighted by Crippen LogP contribution is 2.13. The molecule has 8 heteroatoms. The fraction of sp³-hybridized carbons (Fsp3) is 0.333. The third-order valence-corrected chi connectivity index (χ3v) is 3.11. The molecule has 2 N–H and O–H groups in total. The summed E-state index contributed by atoms with van der Waals surface area (Å²) in [7, 11) is 1.20. The van der Waals surface area contributed by atoms with E-state index in [1.165, 1.54) is 7.11 Å². The Morgan fingerprint density at radius 2 is 1.87 bits per heavy atom. The second-order valence-electron chi connectivity index (χ2n) is 4.63. The maximum Gasteiger partial charge on any atom is 0.427 e. The highest BCUT2D eigenvalue weighted by molar-refractivity contribution is 6.30. The normalized spacial score (nSPS) is 11.0. The third kappa shape index (κ3) is 7.42. The molecule has 0 saturated heterocycles. The van der Waals surface area contributed by atoms with Crippen molar-refractivity contribution in [1.29, 1.82) is 0 Å². The smallest absolute Gasteiger partial charge is 0.427 e. The van der Waals surface area contributed by atoms with E-state index in [1.807, 2.05) is 0 Å². The fourth-order valence-corrected chi connectivity index (χ4v) is 1.85. The first-order chi connectivity index (χ1) is 10.9. The number of benzene rings is 1. The molecule has 0 aliphatic carbocycles. The van der Waals surface area contributed by atoms with Crippen LogP contribution in [0.4, 0.5) is 4.79 Å². The Bertz CT molecular complexity index is 598. The quantitative estimate of drug-likeness (QED) is 0.559. The number of carboxylic acids is 1. The predicted molar refractivity (Wildman–Crippen MR) is 84.6 cm³/mol. The van der Waals surface area contributed by atoms with E-state index < -0.39 is 12.1 Å². The number of Topliss-reactive ketones (excluding diaryl/α,β-unsaturated/α-hetero) is 1. The van der Waals surface area contributed by atoms with E-state index in [0.717, 1.165) is 0 Å². The number of nitrogens with zero attached hydrogens (tertiary/aromatic N) is 1. The monoisotopic (exact) mass is 340 g/mol. The van der Waals surface area contributed by atoms with Crippen molar-refractivity contribution in [2.45, 2.75) is 25.7 Å². The van der Waals surface area contributed by atoms with Crippen molar-refractivity contribution < 1.29 is 24.2 Å². The van der Waals surface area contributed by atoms with Crippen molar-refractivity contribution in [3.63, 3.8) is 0 Å². The highest BCUT2D eigenvalue weighted by atomic mass is 35.5. The molecule has 0 saturated carbocycles. The number of hydrogen-bond donors (Lipinski definition) is 2. The molecule has 0 heterocycles. The molecular weight excluding hydrogens is 324 g/mol. The summed E-state index contributed by atoms with van der Waals surface area (Å²) in [5, 5.41) is 13.0. The van der Waals surface area contributed by atoms with Gasteiger partial charge in [0.15, 0.2) is 0 Å². The standard InChI is InChI=1S/C15H17ClN2O5/c1-23-15(22)18-17-13(10-5-7-11(16)8-6-10)9-12(19)3-2-4-14(20)21/h5-8H,2-4,9H2,1H3,(H,18,22)(H,20,21)/b17-13+. The maximum atomic E-state index is 11.9. The molecule has 0 spiro atoms. The van der Waals surface area contributed by atoms with Gasteiger partial charge in [-0.3, -0.25) is 9.59 Å². The van der Waals surface area contributed by atoms with Gasteiger partial charge in [-0.2, -0.15) is 5.10 Å². The zero-order chi connectivity index (χ0) is 17.2. The van der Waals surface area contributed by atoms with Crippen LogP contribution in [-0.2, 0) is 14.3 Å². The Labute approximate surface area is 138 Å². The molecular formula is C15H17ClN2O5. The predicted octanol–water partition coefficient (Wildman–Crippen LogP) is 2.61. The third-order valence-electron chi connectivity index (χ3n) is 2.86. The minimum Gasteiger partial charge on any atom is -0.481 e. The number of rotatable bonds is 8. The molecule has 1 rings (SSSR count). The van der Waals surface area contributed by atoms with Crippen LogP contribution in [0.5, 0.6) is 0 Å². The van der Waals surface area contributed by atoms with Gasteiger partial charge in [0.25, 0.3) is 0 Å². The van der Waals surface area contributed by atoms with Gasteiger partial charge in [-0.1, -0.05) is 23.7 Å². The summed E-state index contributed by atoms with van der Waals surface area (Å²) in [6.07, 6.45) is -0.483. The molecule has 0 aliphatic rings. The summed E-state index contributed by atoms with van der Waals surface area (Å²) in [6.45, 7) is 0. The van der Waals surface area contributed by atoms with Crippen LogP contribution < -0.4 is 5.43 Å². The largest absolute Gasteiger partial charge is 0.481 e. The Kier molecular flexibility index (Phi) is 7.76. The van der Waals surface area contributed by atoms with Gasteiger partial charge in [0.05, 0.1) is 19.2 Å².